The largest absolute Gasteiger partial charge is 0.450 e. The zero-order valence-electron chi connectivity index (χ0n) is 14.3. The van der Waals surface area contributed by atoms with Gasteiger partial charge in [0, 0.05) is 6.07 Å². The predicted molar refractivity (Wildman–Crippen MR) is 103 cm³/mol. The smallest absolute Gasteiger partial charge is 0.318 e. The lowest BCUT2D eigenvalue weighted by molar-refractivity contribution is -0.394. The maximum absolute atomic E-state index is 11.9. The molecule has 1 aliphatic rings. The van der Waals surface area contributed by atoms with Gasteiger partial charge in [0.25, 0.3) is 17.5 Å². The first-order valence-electron chi connectivity index (χ1n) is 7.83. The number of hydrogen-bond donors (Lipinski definition) is 2. The van der Waals surface area contributed by atoms with Crippen LogP contribution in [0.3, 0.4) is 0 Å². The van der Waals surface area contributed by atoms with Crippen molar-refractivity contribution in [2.24, 2.45) is 0 Å². The Hall–Kier alpha value is -4.19. The van der Waals surface area contributed by atoms with E-state index in [4.69, 9.17) is 17.0 Å². The number of nitrogens with one attached hydrogen (secondary N) is 2. The second-order valence-corrected chi connectivity index (χ2v) is 6.04. The minimum Gasteiger partial charge on any atom is -0.450 e. The summed E-state index contributed by atoms with van der Waals surface area (Å²) in [5.41, 5.74) is -0.811. The Labute approximate surface area is 167 Å². The van der Waals surface area contributed by atoms with Crippen molar-refractivity contribution in [2.75, 3.05) is 0 Å². The summed E-state index contributed by atoms with van der Waals surface area (Å²) < 4.78 is 5.49. The van der Waals surface area contributed by atoms with Gasteiger partial charge in [-0.2, -0.15) is 0 Å². The molecule has 1 heterocycles. The fraction of sp³-hybridized carbons (Fsp3) is 0. The Kier molecular flexibility index (Phi) is 5.27. The molecule has 1 aliphatic heterocycles. The normalized spacial score (nSPS) is 13.4. The highest BCUT2D eigenvalue weighted by Crippen LogP contribution is 2.34. The number of rotatable bonds is 5. The van der Waals surface area contributed by atoms with E-state index < -0.39 is 33.0 Å². The molecule has 0 spiro atoms. The van der Waals surface area contributed by atoms with Crippen LogP contribution in [0, 0.1) is 20.2 Å². The molecule has 146 valence electrons. The molecule has 0 atom stereocenters. The standard InChI is InChI=1S/C17H10N4O7S/c22-15-12(16(23)19-17(29)18-15)7-9-2-1-3-11(6-9)28-14-5-4-10(20(24)25)8-13(14)21(26)27/h1-8H,(H2,18,19,22,23,29). The van der Waals surface area contributed by atoms with E-state index in [1.165, 1.54) is 18.2 Å². The average molecular weight is 414 g/mol. The molecule has 0 unspecified atom stereocenters. The summed E-state index contributed by atoms with van der Waals surface area (Å²) >= 11 is 4.72. The lowest BCUT2D eigenvalue weighted by Gasteiger charge is -2.16. The van der Waals surface area contributed by atoms with Gasteiger partial charge in [0.1, 0.15) is 11.3 Å². The number of nitrogens with zero attached hydrogens (tertiary/aromatic N) is 2. The maximum atomic E-state index is 11.9. The molecule has 29 heavy (non-hydrogen) atoms. The second kappa shape index (κ2) is 7.82. The number of ether oxygens (including phenoxy) is 1. The Morgan fingerprint density at radius 3 is 2.28 bits per heavy atom. The first kappa shape index (κ1) is 19.6. The van der Waals surface area contributed by atoms with Crippen LogP contribution in [-0.4, -0.2) is 26.8 Å². The number of non-ortho nitro benzene ring substituents is 1. The van der Waals surface area contributed by atoms with E-state index in [-0.39, 0.29) is 22.2 Å². The first-order valence-corrected chi connectivity index (χ1v) is 8.24. The van der Waals surface area contributed by atoms with E-state index in [9.17, 15) is 29.8 Å². The van der Waals surface area contributed by atoms with Crippen LogP contribution in [-0.2, 0) is 9.59 Å². The number of nitro groups is 2. The molecule has 0 aliphatic carbocycles. The lowest BCUT2D eigenvalue weighted by Crippen LogP contribution is -2.51. The number of carbonyl (C=O) groups excluding carboxylic acids is 2. The topological polar surface area (TPSA) is 154 Å². The predicted octanol–water partition coefficient (Wildman–Crippen LogP) is 2.21. The van der Waals surface area contributed by atoms with Gasteiger partial charge in [-0.1, -0.05) is 12.1 Å². The van der Waals surface area contributed by atoms with Gasteiger partial charge in [0.15, 0.2) is 5.11 Å². The van der Waals surface area contributed by atoms with Gasteiger partial charge in [-0.25, -0.2) is 0 Å². The van der Waals surface area contributed by atoms with E-state index in [1.807, 2.05) is 0 Å². The van der Waals surface area contributed by atoms with Crippen molar-refractivity contribution in [3.8, 4) is 11.5 Å². The minimum atomic E-state index is -0.798. The number of amides is 2. The van der Waals surface area contributed by atoms with Gasteiger partial charge >= 0.3 is 5.69 Å². The van der Waals surface area contributed by atoms with Gasteiger partial charge in [0.2, 0.25) is 5.75 Å². The molecule has 0 bridgehead atoms. The fourth-order valence-electron chi connectivity index (χ4n) is 2.42. The minimum absolute atomic E-state index is 0.0975. The van der Waals surface area contributed by atoms with Crippen molar-refractivity contribution >= 4 is 46.6 Å². The molecule has 2 aromatic carbocycles. The Bertz CT molecular complexity index is 1090. The molecule has 0 aromatic heterocycles. The Morgan fingerprint density at radius 1 is 0.966 bits per heavy atom. The monoisotopic (exact) mass is 414 g/mol. The van der Waals surface area contributed by atoms with Crippen LogP contribution in [0.15, 0.2) is 48.0 Å². The molecular formula is C17H10N4O7S. The number of benzene rings is 2. The van der Waals surface area contributed by atoms with Crippen molar-refractivity contribution in [1.29, 1.82) is 0 Å². The van der Waals surface area contributed by atoms with E-state index in [0.29, 0.717) is 5.56 Å². The number of thiocarbonyl (C=S) groups is 1. The van der Waals surface area contributed by atoms with E-state index in [2.05, 4.69) is 10.6 Å². The third-order valence-electron chi connectivity index (χ3n) is 3.69. The van der Waals surface area contributed by atoms with Crippen LogP contribution in [0.25, 0.3) is 6.08 Å². The van der Waals surface area contributed by atoms with E-state index in [1.54, 1.807) is 12.1 Å². The molecule has 2 aromatic rings. The molecular weight excluding hydrogens is 404 g/mol. The van der Waals surface area contributed by atoms with Gasteiger partial charge in [-0.05, 0) is 42.1 Å². The quantitative estimate of drug-likeness (QED) is 0.248. The van der Waals surface area contributed by atoms with Crippen molar-refractivity contribution < 1.29 is 24.2 Å². The van der Waals surface area contributed by atoms with Crippen molar-refractivity contribution in [1.82, 2.24) is 10.6 Å². The van der Waals surface area contributed by atoms with Gasteiger partial charge in [-0.15, -0.1) is 0 Å². The summed E-state index contributed by atoms with van der Waals surface area (Å²) in [4.78, 5) is 44.3. The molecule has 12 heteroatoms. The van der Waals surface area contributed by atoms with E-state index >= 15 is 0 Å². The highest BCUT2D eigenvalue weighted by molar-refractivity contribution is 7.80. The molecule has 1 fully saturated rings. The third-order valence-corrected chi connectivity index (χ3v) is 3.89. The summed E-state index contributed by atoms with van der Waals surface area (Å²) in [5.74, 6) is -1.39. The van der Waals surface area contributed by atoms with E-state index in [0.717, 1.165) is 18.2 Å². The zero-order valence-corrected chi connectivity index (χ0v) is 15.1. The molecule has 2 N–H and O–H groups in total. The summed E-state index contributed by atoms with van der Waals surface area (Å²) in [6.45, 7) is 0. The highest BCUT2D eigenvalue weighted by atomic mass is 32.1. The van der Waals surface area contributed by atoms with Crippen LogP contribution >= 0.6 is 12.2 Å². The molecule has 11 nitrogen and oxygen atoms in total. The molecule has 3 rings (SSSR count). The van der Waals surface area contributed by atoms with Crippen LogP contribution in [0.4, 0.5) is 11.4 Å². The van der Waals surface area contributed by atoms with Crippen molar-refractivity contribution in [3.05, 3.63) is 73.8 Å². The number of carbonyl (C=O) groups is 2. The Morgan fingerprint density at radius 2 is 1.66 bits per heavy atom. The lowest BCUT2D eigenvalue weighted by atomic mass is 10.1. The highest BCUT2D eigenvalue weighted by Gasteiger charge is 2.26. The summed E-state index contributed by atoms with van der Waals surface area (Å²) in [5, 5.41) is 26.5. The van der Waals surface area contributed by atoms with Gasteiger partial charge < -0.3 is 4.74 Å². The van der Waals surface area contributed by atoms with Crippen LogP contribution < -0.4 is 15.4 Å². The summed E-state index contributed by atoms with van der Waals surface area (Å²) in [7, 11) is 0. The summed E-state index contributed by atoms with van der Waals surface area (Å²) in [6.07, 6.45) is 1.30. The van der Waals surface area contributed by atoms with Crippen molar-refractivity contribution in [3.63, 3.8) is 0 Å². The average Bonchev–Trinajstić information content (AvgIpc) is 2.65. The first-order chi connectivity index (χ1) is 13.7. The van der Waals surface area contributed by atoms with Crippen LogP contribution in [0.5, 0.6) is 11.5 Å². The summed E-state index contributed by atoms with van der Waals surface area (Å²) in [6, 6.07) is 9.04. The zero-order chi connectivity index (χ0) is 21.1. The maximum Gasteiger partial charge on any atom is 0.318 e. The molecule has 0 radical (unpaired) electrons. The van der Waals surface area contributed by atoms with Crippen molar-refractivity contribution in [2.45, 2.75) is 0 Å². The second-order valence-electron chi connectivity index (χ2n) is 5.64. The molecule has 1 saturated heterocycles. The third kappa shape index (κ3) is 4.39. The SMILES string of the molecule is O=C1NC(=S)NC(=O)C1=Cc1cccc(Oc2ccc([N+](=O)[O-])cc2[N+](=O)[O-])c1. The fourth-order valence-corrected chi connectivity index (χ4v) is 2.60. The van der Waals surface area contributed by atoms with Crippen LogP contribution in [0.2, 0.25) is 0 Å². The number of hydrogen-bond acceptors (Lipinski definition) is 8. The Balaban J connectivity index is 1.91. The molecule has 0 saturated carbocycles. The van der Waals surface area contributed by atoms with Gasteiger partial charge in [-0.3, -0.25) is 40.5 Å². The van der Waals surface area contributed by atoms with Gasteiger partial charge in [0.05, 0.1) is 15.9 Å². The van der Waals surface area contributed by atoms with Crippen LogP contribution in [0.1, 0.15) is 5.56 Å². The number of nitro benzene ring substituents is 2. The molecule has 2 amide bonds.